The highest BCUT2D eigenvalue weighted by atomic mass is 35.5. The Morgan fingerprint density at radius 3 is 2.14 bits per heavy atom. The summed E-state index contributed by atoms with van der Waals surface area (Å²) in [5.41, 5.74) is 1.97. The SMILES string of the molecule is O=C(NCCc1ccccc1)c1ccc(NC2=C(Cl)C(=O)N(c3cc(Cl)c(Cl)cc3Cl)C2=O)cc1. The van der Waals surface area contributed by atoms with Crippen LogP contribution in [0.5, 0.6) is 0 Å². The third kappa shape index (κ3) is 5.46. The summed E-state index contributed by atoms with van der Waals surface area (Å²) in [5.74, 6) is -1.69. The molecule has 0 fully saturated rings. The maximum Gasteiger partial charge on any atom is 0.283 e. The van der Waals surface area contributed by atoms with Crippen molar-refractivity contribution in [3.8, 4) is 0 Å². The van der Waals surface area contributed by atoms with Gasteiger partial charge < -0.3 is 10.6 Å². The number of hydrogen-bond acceptors (Lipinski definition) is 4. The Kier molecular flexibility index (Phi) is 7.67. The van der Waals surface area contributed by atoms with Crippen LogP contribution in [-0.4, -0.2) is 24.3 Å². The number of nitrogens with one attached hydrogen (secondary N) is 2. The first-order chi connectivity index (χ1) is 16.8. The van der Waals surface area contributed by atoms with Crippen molar-refractivity contribution in [2.45, 2.75) is 6.42 Å². The van der Waals surface area contributed by atoms with Gasteiger partial charge in [0.2, 0.25) is 0 Å². The fourth-order valence-electron chi connectivity index (χ4n) is 3.43. The van der Waals surface area contributed by atoms with Crippen LogP contribution >= 0.6 is 46.4 Å². The second-order valence-corrected chi connectivity index (χ2v) is 9.15. The van der Waals surface area contributed by atoms with E-state index in [0.717, 1.165) is 10.5 Å². The van der Waals surface area contributed by atoms with Gasteiger partial charge in [0.1, 0.15) is 10.7 Å². The van der Waals surface area contributed by atoms with E-state index in [1.807, 2.05) is 30.3 Å². The molecule has 3 amide bonds. The number of nitrogens with zero attached hydrogens (tertiary/aromatic N) is 1. The van der Waals surface area contributed by atoms with Crippen LogP contribution in [0.4, 0.5) is 11.4 Å². The van der Waals surface area contributed by atoms with Crippen molar-refractivity contribution in [2.24, 2.45) is 0 Å². The first kappa shape index (κ1) is 25.1. The van der Waals surface area contributed by atoms with E-state index in [0.29, 0.717) is 24.2 Å². The van der Waals surface area contributed by atoms with E-state index in [1.165, 1.54) is 12.1 Å². The van der Waals surface area contributed by atoms with Crippen LogP contribution in [0.15, 0.2) is 77.5 Å². The first-order valence-electron chi connectivity index (χ1n) is 10.4. The molecule has 0 spiro atoms. The van der Waals surface area contributed by atoms with Gasteiger partial charge in [-0.25, -0.2) is 4.90 Å². The van der Waals surface area contributed by atoms with Crippen LogP contribution in [0.3, 0.4) is 0 Å². The summed E-state index contributed by atoms with van der Waals surface area (Å²) in [5, 5.41) is 5.79. The summed E-state index contributed by atoms with van der Waals surface area (Å²) in [7, 11) is 0. The second kappa shape index (κ2) is 10.7. The average molecular weight is 549 g/mol. The number of carbonyl (C=O) groups excluding carboxylic acids is 3. The number of anilines is 2. The van der Waals surface area contributed by atoms with Crippen molar-refractivity contribution in [1.29, 1.82) is 0 Å². The maximum atomic E-state index is 13.0. The van der Waals surface area contributed by atoms with Crippen LogP contribution < -0.4 is 15.5 Å². The molecule has 2 N–H and O–H groups in total. The zero-order valence-electron chi connectivity index (χ0n) is 17.9. The molecule has 0 saturated heterocycles. The maximum absolute atomic E-state index is 13.0. The molecule has 10 heteroatoms. The first-order valence-corrected chi connectivity index (χ1v) is 11.9. The Bertz CT molecular complexity index is 1340. The minimum Gasteiger partial charge on any atom is -0.352 e. The van der Waals surface area contributed by atoms with Crippen LogP contribution in [-0.2, 0) is 16.0 Å². The highest BCUT2D eigenvalue weighted by Crippen LogP contribution is 2.38. The predicted molar refractivity (Wildman–Crippen MR) is 139 cm³/mol. The quantitative estimate of drug-likeness (QED) is 0.278. The van der Waals surface area contributed by atoms with E-state index >= 15 is 0 Å². The standard InChI is InChI=1S/C25H17Cl4N3O3/c26-17-12-19(28)20(13-18(17)27)32-24(34)21(29)22(25(32)35)31-16-8-6-15(7-9-16)23(33)30-11-10-14-4-2-1-3-5-14/h1-9,12-13,31H,10-11H2,(H,30,33). The molecule has 4 rings (SSSR count). The molecule has 3 aromatic carbocycles. The summed E-state index contributed by atoms with van der Waals surface area (Å²) in [6.07, 6.45) is 0.717. The number of halogens is 4. The smallest absolute Gasteiger partial charge is 0.283 e. The molecule has 0 atom stereocenters. The highest BCUT2D eigenvalue weighted by molar-refractivity contribution is 6.54. The van der Waals surface area contributed by atoms with Crippen LogP contribution in [0, 0.1) is 0 Å². The molecule has 35 heavy (non-hydrogen) atoms. The van der Waals surface area contributed by atoms with E-state index in [1.54, 1.807) is 24.3 Å². The minimum atomic E-state index is -0.756. The molecule has 0 saturated carbocycles. The normalized spacial score (nSPS) is 13.4. The van der Waals surface area contributed by atoms with Gasteiger partial charge >= 0.3 is 0 Å². The zero-order valence-corrected chi connectivity index (χ0v) is 21.0. The van der Waals surface area contributed by atoms with Crippen molar-refractivity contribution in [2.75, 3.05) is 16.8 Å². The van der Waals surface area contributed by atoms with Gasteiger partial charge in [-0.2, -0.15) is 0 Å². The largest absolute Gasteiger partial charge is 0.352 e. The Morgan fingerprint density at radius 2 is 1.46 bits per heavy atom. The second-order valence-electron chi connectivity index (χ2n) is 7.55. The summed E-state index contributed by atoms with van der Waals surface area (Å²) < 4.78 is 0. The van der Waals surface area contributed by atoms with Crippen molar-refractivity contribution in [3.63, 3.8) is 0 Å². The van der Waals surface area contributed by atoms with Gasteiger partial charge in [0.25, 0.3) is 17.7 Å². The fraction of sp³-hybridized carbons (Fsp3) is 0.0800. The molecule has 3 aromatic rings. The van der Waals surface area contributed by atoms with Crippen molar-refractivity contribution < 1.29 is 14.4 Å². The molecule has 0 bridgehead atoms. The topological polar surface area (TPSA) is 78.5 Å². The number of rotatable bonds is 7. The molecule has 0 radical (unpaired) electrons. The van der Waals surface area contributed by atoms with Crippen molar-refractivity contribution in [1.82, 2.24) is 5.32 Å². The van der Waals surface area contributed by atoms with Gasteiger partial charge in [-0.15, -0.1) is 0 Å². The Morgan fingerprint density at radius 1 is 0.800 bits per heavy atom. The molecule has 0 aliphatic carbocycles. The Hall–Kier alpha value is -3.03. The van der Waals surface area contributed by atoms with Gasteiger partial charge in [-0.1, -0.05) is 76.7 Å². The Labute approximate surface area is 221 Å². The number of carbonyl (C=O) groups is 3. The fourth-order valence-corrected chi connectivity index (χ4v) is 4.27. The van der Waals surface area contributed by atoms with Crippen molar-refractivity contribution in [3.05, 3.63) is 104 Å². The van der Waals surface area contributed by atoms with Crippen LogP contribution in [0.1, 0.15) is 15.9 Å². The number of imide groups is 1. The van der Waals surface area contributed by atoms with Gasteiger partial charge in [-0.3, -0.25) is 14.4 Å². The lowest BCUT2D eigenvalue weighted by molar-refractivity contribution is -0.120. The van der Waals surface area contributed by atoms with E-state index in [4.69, 9.17) is 46.4 Å². The molecule has 1 aliphatic rings. The van der Waals surface area contributed by atoms with Gasteiger partial charge in [0.05, 0.1) is 20.8 Å². The lowest BCUT2D eigenvalue weighted by Gasteiger charge is -2.17. The van der Waals surface area contributed by atoms with Gasteiger partial charge in [0, 0.05) is 17.8 Å². The molecule has 1 aliphatic heterocycles. The number of amides is 3. The molecule has 178 valence electrons. The summed E-state index contributed by atoms with van der Waals surface area (Å²) in [6, 6.07) is 18.9. The lowest BCUT2D eigenvalue weighted by Crippen LogP contribution is -2.32. The lowest BCUT2D eigenvalue weighted by atomic mass is 10.1. The van der Waals surface area contributed by atoms with E-state index < -0.39 is 11.8 Å². The summed E-state index contributed by atoms with van der Waals surface area (Å²) >= 11 is 24.3. The molecule has 0 unspecified atom stereocenters. The molecule has 0 aromatic heterocycles. The van der Waals surface area contributed by atoms with Crippen molar-refractivity contribution >= 4 is 75.5 Å². The van der Waals surface area contributed by atoms with Crippen LogP contribution in [0.2, 0.25) is 15.1 Å². The monoisotopic (exact) mass is 547 g/mol. The summed E-state index contributed by atoms with van der Waals surface area (Å²) in [4.78, 5) is 38.9. The molecular formula is C25H17Cl4N3O3. The van der Waals surface area contributed by atoms with E-state index in [-0.39, 0.29) is 37.4 Å². The number of benzene rings is 3. The number of hydrogen-bond donors (Lipinski definition) is 2. The van der Waals surface area contributed by atoms with Gasteiger partial charge in [-0.05, 0) is 48.4 Å². The average Bonchev–Trinajstić information content (AvgIpc) is 3.05. The molecular weight excluding hydrogens is 532 g/mol. The minimum absolute atomic E-state index is 0.0635. The van der Waals surface area contributed by atoms with Crippen LogP contribution in [0.25, 0.3) is 0 Å². The molecule has 1 heterocycles. The molecule has 6 nitrogen and oxygen atoms in total. The highest BCUT2D eigenvalue weighted by Gasteiger charge is 2.40. The zero-order chi connectivity index (χ0) is 25.1. The third-order valence-corrected chi connectivity index (χ3v) is 6.59. The van der Waals surface area contributed by atoms with E-state index in [9.17, 15) is 14.4 Å². The summed E-state index contributed by atoms with van der Waals surface area (Å²) in [6.45, 7) is 0.495. The van der Waals surface area contributed by atoms with Gasteiger partial charge in [0.15, 0.2) is 0 Å². The Balaban J connectivity index is 1.42. The predicted octanol–water partition coefficient (Wildman–Crippen LogP) is 6.06. The van der Waals surface area contributed by atoms with E-state index in [2.05, 4.69) is 10.6 Å². The third-order valence-electron chi connectivity index (χ3n) is 5.22.